The molecule has 1 aromatic heterocycles. The fourth-order valence-electron chi connectivity index (χ4n) is 6.26. The largest absolute Gasteiger partial charge is 0.507 e. The van der Waals surface area contributed by atoms with E-state index in [1.54, 1.807) is 11.8 Å². The summed E-state index contributed by atoms with van der Waals surface area (Å²) in [5.74, 6) is 3.50. The summed E-state index contributed by atoms with van der Waals surface area (Å²) in [7, 11) is 0. The van der Waals surface area contributed by atoms with Crippen molar-refractivity contribution in [3.63, 3.8) is 0 Å². The Bertz CT molecular complexity index is 1360. The molecule has 1 heterocycles. The molecule has 0 saturated carbocycles. The Hall–Kier alpha value is -2.60. The smallest absolute Gasteiger partial charge is 0.191 e. The molecule has 0 amide bonds. The number of aromatic nitrogens is 3. The zero-order chi connectivity index (χ0) is 36.8. The Morgan fingerprint density at radius 1 is 0.490 bits per heavy atom. The highest BCUT2D eigenvalue weighted by Gasteiger charge is 2.28. The third-order valence-corrected chi connectivity index (χ3v) is 10.2. The molecule has 3 aromatic rings. The maximum Gasteiger partial charge on any atom is 0.191 e. The van der Waals surface area contributed by atoms with E-state index >= 15 is 0 Å². The van der Waals surface area contributed by atoms with Crippen LogP contribution in [0.4, 0.5) is 0 Å². The monoisotopic (exact) mass is 689 g/mol. The molecule has 0 saturated heterocycles. The molecule has 6 heteroatoms. The van der Waals surface area contributed by atoms with E-state index in [1.807, 2.05) is 0 Å². The van der Waals surface area contributed by atoms with Gasteiger partial charge < -0.3 is 10.2 Å². The van der Waals surface area contributed by atoms with Crippen LogP contribution < -0.4 is 0 Å². The van der Waals surface area contributed by atoms with Gasteiger partial charge in [-0.3, -0.25) is 0 Å². The highest BCUT2D eigenvalue weighted by molar-refractivity contribution is 7.99. The van der Waals surface area contributed by atoms with Crippen molar-refractivity contribution in [2.45, 2.75) is 181 Å². The molecule has 2 N–H and O–H groups in total. The van der Waals surface area contributed by atoms with E-state index in [9.17, 15) is 10.2 Å². The SMILES string of the molecule is CCCCCCCCSc1nc(CCc2cc(C(C)(C)C)c(O)c(C(C)(C)C)c2)nc(CCc2cc(C(C)(C)C)c(O)c(C(C)(C)C)c2)n1. The number of benzene rings is 2. The lowest BCUT2D eigenvalue weighted by Crippen LogP contribution is -2.18. The fourth-order valence-corrected chi connectivity index (χ4v) is 7.13. The summed E-state index contributed by atoms with van der Waals surface area (Å²) in [5, 5.41) is 23.3. The zero-order valence-electron chi connectivity index (χ0n) is 33.2. The van der Waals surface area contributed by atoms with Gasteiger partial charge in [0, 0.05) is 18.6 Å². The molecule has 0 spiro atoms. The molecular weight excluding hydrogens is 623 g/mol. The number of phenols is 2. The molecule has 272 valence electrons. The first-order valence-corrected chi connectivity index (χ1v) is 19.7. The summed E-state index contributed by atoms with van der Waals surface area (Å²) in [6, 6.07) is 8.69. The minimum atomic E-state index is -0.172. The first-order chi connectivity index (χ1) is 22.6. The summed E-state index contributed by atoms with van der Waals surface area (Å²) >= 11 is 1.75. The summed E-state index contributed by atoms with van der Waals surface area (Å²) < 4.78 is 0. The highest BCUT2D eigenvalue weighted by atomic mass is 32.2. The van der Waals surface area contributed by atoms with Gasteiger partial charge in [-0.05, 0) is 74.3 Å². The summed E-state index contributed by atoms with van der Waals surface area (Å²) in [6.07, 6.45) is 10.6. The number of unbranched alkanes of at least 4 members (excludes halogenated alkanes) is 5. The highest BCUT2D eigenvalue weighted by Crippen LogP contribution is 2.41. The molecule has 0 fully saturated rings. The van der Waals surface area contributed by atoms with E-state index in [2.05, 4.69) is 114 Å². The van der Waals surface area contributed by atoms with Gasteiger partial charge in [0.05, 0.1) is 0 Å². The fraction of sp³-hybridized carbons (Fsp3) is 0.651. The van der Waals surface area contributed by atoms with E-state index in [0.717, 1.165) is 57.7 Å². The first kappa shape index (κ1) is 40.8. The Morgan fingerprint density at radius 2 is 0.837 bits per heavy atom. The van der Waals surface area contributed by atoms with Gasteiger partial charge in [0.1, 0.15) is 23.1 Å². The second kappa shape index (κ2) is 16.6. The van der Waals surface area contributed by atoms with Crippen LogP contribution in [0.5, 0.6) is 11.5 Å². The molecule has 0 aliphatic heterocycles. The third-order valence-electron chi connectivity index (χ3n) is 9.28. The van der Waals surface area contributed by atoms with Crippen molar-refractivity contribution in [3.8, 4) is 11.5 Å². The Morgan fingerprint density at radius 3 is 1.18 bits per heavy atom. The molecule has 2 aromatic carbocycles. The molecule has 0 atom stereocenters. The van der Waals surface area contributed by atoms with Gasteiger partial charge in [-0.1, -0.05) is 158 Å². The Balaban J connectivity index is 1.92. The molecule has 3 rings (SSSR count). The van der Waals surface area contributed by atoms with Crippen molar-refractivity contribution in [2.75, 3.05) is 5.75 Å². The Labute approximate surface area is 303 Å². The van der Waals surface area contributed by atoms with E-state index < -0.39 is 0 Å². The van der Waals surface area contributed by atoms with E-state index in [0.29, 0.717) is 24.3 Å². The standard InChI is InChI=1S/C43H67N3O2S/c1-14-15-16-17-18-19-24-49-39-45-35(22-20-29-25-31(40(2,3)4)37(47)32(26-29)41(5,6)7)44-36(46-39)23-21-30-27-33(42(8,9)10)38(48)34(28-30)43(11,12)13/h25-28,47-48H,14-24H2,1-13H3. The predicted molar refractivity (Wildman–Crippen MR) is 210 cm³/mol. The lowest BCUT2D eigenvalue weighted by molar-refractivity contribution is 0.422. The molecule has 49 heavy (non-hydrogen) atoms. The van der Waals surface area contributed by atoms with Crippen molar-refractivity contribution >= 4 is 11.8 Å². The van der Waals surface area contributed by atoms with E-state index in [-0.39, 0.29) is 21.7 Å². The second-order valence-electron chi connectivity index (χ2n) is 18.1. The number of hydrogen-bond donors (Lipinski definition) is 2. The molecule has 0 unspecified atom stereocenters. The minimum absolute atomic E-state index is 0.172. The first-order valence-electron chi connectivity index (χ1n) is 18.7. The number of aromatic hydroxyl groups is 2. The molecule has 0 aliphatic rings. The molecule has 0 bridgehead atoms. The maximum absolute atomic E-state index is 11.2. The summed E-state index contributed by atoms with van der Waals surface area (Å²) in [5.41, 5.74) is 5.65. The quantitative estimate of drug-likeness (QED) is 0.130. The zero-order valence-corrected chi connectivity index (χ0v) is 34.0. The van der Waals surface area contributed by atoms with Crippen LogP contribution in [-0.2, 0) is 47.3 Å². The topological polar surface area (TPSA) is 79.1 Å². The lowest BCUT2D eigenvalue weighted by atomic mass is 9.78. The molecule has 0 aliphatic carbocycles. The van der Waals surface area contributed by atoms with Crippen LogP contribution in [0.15, 0.2) is 29.4 Å². The van der Waals surface area contributed by atoms with E-state index in [4.69, 9.17) is 15.0 Å². The van der Waals surface area contributed by atoms with Crippen molar-refractivity contribution < 1.29 is 10.2 Å². The van der Waals surface area contributed by atoms with Crippen molar-refractivity contribution in [3.05, 3.63) is 69.3 Å². The molecule has 5 nitrogen and oxygen atoms in total. The van der Waals surface area contributed by atoms with Gasteiger partial charge >= 0.3 is 0 Å². The summed E-state index contributed by atoms with van der Waals surface area (Å²) in [6.45, 7) is 28.2. The average Bonchev–Trinajstić information content (AvgIpc) is 2.97. The van der Waals surface area contributed by atoms with Gasteiger partial charge in [0.15, 0.2) is 5.16 Å². The van der Waals surface area contributed by atoms with Crippen LogP contribution >= 0.6 is 11.8 Å². The van der Waals surface area contributed by atoms with Crippen LogP contribution in [0.1, 0.15) is 174 Å². The van der Waals surface area contributed by atoms with Crippen LogP contribution in [0.25, 0.3) is 0 Å². The minimum Gasteiger partial charge on any atom is -0.507 e. The number of thioether (sulfide) groups is 1. The van der Waals surface area contributed by atoms with Gasteiger partial charge in [0.2, 0.25) is 0 Å². The second-order valence-corrected chi connectivity index (χ2v) is 19.2. The van der Waals surface area contributed by atoms with E-state index in [1.165, 1.54) is 49.7 Å². The van der Waals surface area contributed by atoms with Crippen molar-refractivity contribution in [1.29, 1.82) is 0 Å². The maximum atomic E-state index is 11.2. The normalized spacial score (nSPS) is 12.9. The van der Waals surface area contributed by atoms with Crippen molar-refractivity contribution in [1.82, 2.24) is 15.0 Å². The van der Waals surface area contributed by atoms with Gasteiger partial charge in [-0.25, -0.2) is 15.0 Å². The predicted octanol–water partition coefficient (Wildman–Crippen LogP) is 11.5. The van der Waals surface area contributed by atoms with Gasteiger partial charge in [-0.2, -0.15) is 0 Å². The molecule has 0 radical (unpaired) electrons. The molecular formula is C43H67N3O2S. The third kappa shape index (κ3) is 12.0. The van der Waals surface area contributed by atoms with Gasteiger partial charge in [-0.15, -0.1) is 0 Å². The summed E-state index contributed by atoms with van der Waals surface area (Å²) in [4.78, 5) is 15.0. The van der Waals surface area contributed by atoms with Crippen LogP contribution in [0.2, 0.25) is 0 Å². The lowest BCUT2D eigenvalue weighted by Gasteiger charge is -2.28. The average molecular weight is 690 g/mol. The van der Waals surface area contributed by atoms with Crippen molar-refractivity contribution in [2.24, 2.45) is 0 Å². The van der Waals surface area contributed by atoms with Crippen LogP contribution in [-0.4, -0.2) is 30.9 Å². The number of aryl methyl sites for hydroxylation is 4. The number of phenolic OH excluding ortho intramolecular Hbond substituents is 2. The number of nitrogens with zero attached hydrogens (tertiary/aromatic N) is 3. The van der Waals surface area contributed by atoms with Crippen LogP contribution in [0, 0.1) is 0 Å². The van der Waals surface area contributed by atoms with Crippen LogP contribution in [0.3, 0.4) is 0 Å². The number of rotatable bonds is 14. The number of hydrogen-bond acceptors (Lipinski definition) is 6. The Kier molecular flexibility index (Phi) is 13.8. The van der Waals surface area contributed by atoms with Gasteiger partial charge in [0.25, 0.3) is 0 Å².